The van der Waals surface area contributed by atoms with Gasteiger partial charge in [0.25, 0.3) is 0 Å². The lowest BCUT2D eigenvalue weighted by atomic mass is 10.3. The molecule has 6 heteroatoms. The maximum atomic E-state index is 12.9. The van der Waals surface area contributed by atoms with E-state index < -0.39 is 5.82 Å². The molecular formula is C11H13ClFNO3. The van der Waals surface area contributed by atoms with Crippen LogP contribution in [0.5, 0.6) is 0 Å². The Kier molecular flexibility index (Phi) is 5.90. The normalized spacial score (nSPS) is 10.3. The maximum Gasteiger partial charge on any atom is 0.250 e. The van der Waals surface area contributed by atoms with Crippen molar-refractivity contribution in [2.45, 2.75) is 0 Å². The Bertz CT molecular complexity index is 367. The molecule has 0 fully saturated rings. The molecule has 0 saturated carbocycles. The summed E-state index contributed by atoms with van der Waals surface area (Å²) in [5.74, 6) is -0.879. The van der Waals surface area contributed by atoms with Crippen molar-refractivity contribution in [1.29, 1.82) is 0 Å². The molecule has 0 saturated heterocycles. The van der Waals surface area contributed by atoms with Crippen molar-refractivity contribution in [3.8, 4) is 0 Å². The molecule has 0 heterocycles. The van der Waals surface area contributed by atoms with Crippen molar-refractivity contribution in [2.75, 3.05) is 32.2 Å². The molecule has 0 aliphatic rings. The third-order valence-corrected chi connectivity index (χ3v) is 2.03. The number of ether oxygens (including phenoxy) is 2. The Labute approximate surface area is 104 Å². The first-order chi connectivity index (χ1) is 8.11. The van der Waals surface area contributed by atoms with E-state index in [9.17, 15) is 9.18 Å². The molecule has 0 aliphatic heterocycles. The largest absolute Gasteiger partial charge is 0.382 e. The van der Waals surface area contributed by atoms with E-state index >= 15 is 0 Å². The number of hydrogen-bond acceptors (Lipinski definition) is 3. The van der Waals surface area contributed by atoms with Crippen molar-refractivity contribution >= 4 is 23.2 Å². The Morgan fingerprint density at radius 2 is 2.18 bits per heavy atom. The standard InChI is InChI=1S/C11H13ClFNO3/c1-16-2-3-17-7-11(15)14-10-5-8(12)4-9(13)6-10/h4-6H,2-3,7H2,1H3,(H,14,15). The highest BCUT2D eigenvalue weighted by atomic mass is 35.5. The van der Waals surface area contributed by atoms with Crippen LogP contribution in [0, 0.1) is 5.82 Å². The molecule has 4 nitrogen and oxygen atoms in total. The molecule has 1 rings (SSSR count). The number of benzene rings is 1. The van der Waals surface area contributed by atoms with E-state index in [-0.39, 0.29) is 17.5 Å². The summed E-state index contributed by atoms with van der Waals surface area (Å²) in [6, 6.07) is 3.79. The summed E-state index contributed by atoms with van der Waals surface area (Å²) in [7, 11) is 1.54. The summed E-state index contributed by atoms with van der Waals surface area (Å²) in [5, 5.41) is 2.69. The van der Waals surface area contributed by atoms with Crippen LogP contribution in [0.2, 0.25) is 5.02 Å². The Morgan fingerprint density at radius 1 is 1.41 bits per heavy atom. The topological polar surface area (TPSA) is 47.6 Å². The van der Waals surface area contributed by atoms with Gasteiger partial charge in [0.2, 0.25) is 5.91 Å². The molecular weight excluding hydrogens is 249 g/mol. The minimum atomic E-state index is -0.506. The molecule has 17 heavy (non-hydrogen) atoms. The van der Waals surface area contributed by atoms with Crippen molar-refractivity contribution in [3.63, 3.8) is 0 Å². The molecule has 0 aromatic heterocycles. The minimum Gasteiger partial charge on any atom is -0.382 e. The minimum absolute atomic E-state index is 0.114. The van der Waals surface area contributed by atoms with Crippen LogP contribution in [-0.2, 0) is 14.3 Å². The van der Waals surface area contributed by atoms with Crippen LogP contribution in [-0.4, -0.2) is 32.8 Å². The number of anilines is 1. The van der Waals surface area contributed by atoms with Crippen LogP contribution in [0.25, 0.3) is 0 Å². The fraction of sp³-hybridized carbons (Fsp3) is 0.364. The number of amides is 1. The van der Waals surface area contributed by atoms with Gasteiger partial charge in [0.05, 0.1) is 13.2 Å². The van der Waals surface area contributed by atoms with E-state index in [1.54, 1.807) is 0 Å². The van der Waals surface area contributed by atoms with E-state index in [0.29, 0.717) is 18.9 Å². The Morgan fingerprint density at radius 3 is 2.82 bits per heavy atom. The lowest BCUT2D eigenvalue weighted by Crippen LogP contribution is -2.19. The predicted molar refractivity (Wildman–Crippen MR) is 62.7 cm³/mol. The van der Waals surface area contributed by atoms with E-state index in [0.717, 1.165) is 6.07 Å². The average molecular weight is 262 g/mol. The quantitative estimate of drug-likeness (QED) is 0.798. The summed E-state index contributed by atoms with van der Waals surface area (Å²) in [6.07, 6.45) is 0. The number of hydrogen-bond donors (Lipinski definition) is 1. The molecule has 1 N–H and O–H groups in total. The summed E-state index contributed by atoms with van der Waals surface area (Å²) >= 11 is 5.64. The number of nitrogens with one attached hydrogen (secondary N) is 1. The predicted octanol–water partition coefficient (Wildman–Crippen LogP) is 2.08. The first-order valence-electron chi connectivity index (χ1n) is 4.94. The average Bonchev–Trinajstić information content (AvgIpc) is 2.23. The molecule has 0 bridgehead atoms. The van der Waals surface area contributed by atoms with E-state index in [1.165, 1.54) is 19.2 Å². The van der Waals surface area contributed by atoms with Gasteiger partial charge >= 0.3 is 0 Å². The van der Waals surface area contributed by atoms with Gasteiger partial charge in [-0.25, -0.2) is 4.39 Å². The zero-order valence-electron chi connectivity index (χ0n) is 9.33. The number of methoxy groups -OCH3 is 1. The molecule has 1 aromatic rings. The van der Waals surface area contributed by atoms with Crippen molar-refractivity contribution in [2.24, 2.45) is 0 Å². The van der Waals surface area contributed by atoms with E-state index in [4.69, 9.17) is 21.1 Å². The van der Waals surface area contributed by atoms with Gasteiger partial charge in [-0.15, -0.1) is 0 Å². The molecule has 0 radical (unpaired) electrons. The molecule has 0 aliphatic carbocycles. The van der Waals surface area contributed by atoms with Gasteiger partial charge in [-0.1, -0.05) is 11.6 Å². The second-order valence-electron chi connectivity index (χ2n) is 3.25. The first kappa shape index (κ1) is 13.9. The highest BCUT2D eigenvalue weighted by Gasteiger charge is 2.04. The van der Waals surface area contributed by atoms with Crippen LogP contribution < -0.4 is 5.32 Å². The highest BCUT2D eigenvalue weighted by molar-refractivity contribution is 6.30. The smallest absolute Gasteiger partial charge is 0.250 e. The van der Waals surface area contributed by atoms with E-state index in [2.05, 4.69) is 5.32 Å². The summed E-state index contributed by atoms with van der Waals surface area (Å²) in [6.45, 7) is 0.629. The SMILES string of the molecule is COCCOCC(=O)Nc1cc(F)cc(Cl)c1. The Hall–Kier alpha value is -1.17. The van der Waals surface area contributed by atoms with Gasteiger partial charge in [-0.05, 0) is 18.2 Å². The van der Waals surface area contributed by atoms with E-state index in [1.807, 2.05) is 0 Å². The Balaban J connectivity index is 2.39. The monoisotopic (exact) mass is 261 g/mol. The third kappa shape index (κ3) is 5.63. The van der Waals surface area contributed by atoms with Gasteiger partial charge in [-0.3, -0.25) is 4.79 Å². The number of carbonyl (C=O) groups excluding carboxylic acids is 1. The van der Waals surface area contributed by atoms with Crippen LogP contribution in [0.4, 0.5) is 10.1 Å². The number of rotatable bonds is 6. The summed E-state index contributed by atoms with van der Waals surface area (Å²) < 4.78 is 22.7. The highest BCUT2D eigenvalue weighted by Crippen LogP contribution is 2.17. The molecule has 0 atom stereocenters. The van der Waals surface area contributed by atoms with Gasteiger partial charge in [0.15, 0.2) is 0 Å². The number of carbonyl (C=O) groups is 1. The molecule has 1 aromatic carbocycles. The molecule has 94 valence electrons. The van der Waals surface area contributed by atoms with Gasteiger partial charge < -0.3 is 14.8 Å². The van der Waals surface area contributed by atoms with Crippen LogP contribution >= 0.6 is 11.6 Å². The fourth-order valence-electron chi connectivity index (χ4n) is 1.13. The van der Waals surface area contributed by atoms with Gasteiger partial charge in [-0.2, -0.15) is 0 Å². The molecule has 0 spiro atoms. The second kappa shape index (κ2) is 7.21. The van der Waals surface area contributed by atoms with Gasteiger partial charge in [0.1, 0.15) is 12.4 Å². The first-order valence-corrected chi connectivity index (χ1v) is 5.32. The maximum absolute atomic E-state index is 12.9. The van der Waals surface area contributed by atoms with Crippen LogP contribution in [0.15, 0.2) is 18.2 Å². The summed E-state index contributed by atoms with van der Waals surface area (Å²) in [4.78, 5) is 11.4. The summed E-state index contributed by atoms with van der Waals surface area (Å²) in [5.41, 5.74) is 0.301. The molecule has 1 amide bonds. The van der Waals surface area contributed by atoms with Crippen molar-refractivity contribution in [3.05, 3.63) is 29.0 Å². The van der Waals surface area contributed by atoms with Crippen molar-refractivity contribution in [1.82, 2.24) is 0 Å². The van der Waals surface area contributed by atoms with Gasteiger partial charge in [0, 0.05) is 17.8 Å². The third-order valence-electron chi connectivity index (χ3n) is 1.81. The van der Waals surface area contributed by atoms with Crippen LogP contribution in [0.3, 0.4) is 0 Å². The zero-order chi connectivity index (χ0) is 12.7. The van der Waals surface area contributed by atoms with Crippen LogP contribution in [0.1, 0.15) is 0 Å². The number of halogens is 2. The fourth-order valence-corrected chi connectivity index (χ4v) is 1.35. The zero-order valence-corrected chi connectivity index (χ0v) is 10.1. The lowest BCUT2D eigenvalue weighted by molar-refractivity contribution is -0.121. The van der Waals surface area contributed by atoms with Crippen molar-refractivity contribution < 1.29 is 18.7 Å². The molecule has 0 unspecified atom stereocenters. The second-order valence-corrected chi connectivity index (χ2v) is 3.69. The lowest BCUT2D eigenvalue weighted by Gasteiger charge is -2.06.